The topological polar surface area (TPSA) is 62.7 Å². The molecular formula is C26H20BrCl2N3O2. The van der Waals surface area contributed by atoms with Crippen molar-refractivity contribution < 1.29 is 9.53 Å². The summed E-state index contributed by atoms with van der Waals surface area (Å²) in [5.41, 5.74) is 5.07. The molecule has 0 radical (unpaired) electrons. The van der Waals surface area contributed by atoms with Crippen molar-refractivity contribution in [3.8, 4) is 5.75 Å². The Hall–Kier alpha value is -3.06. The quantitative estimate of drug-likeness (QED) is 0.180. The highest BCUT2D eigenvalue weighted by Gasteiger charge is 2.07. The number of carbonyl (C=O) groups excluding carboxylic acids is 1. The second-order valence-electron chi connectivity index (χ2n) is 7.39. The van der Waals surface area contributed by atoms with Gasteiger partial charge in [-0.25, -0.2) is 5.43 Å². The van der Waals surface area contributed by atoms with Gasteiger partial charge in [0.15, 0.2) is 0 Å². The predicted molar refractivity (Wildman–Crippen MR) is 143 cm³/mol. The van der Waals surface area contributed by atoms with Crippen molar-refractivity contribution in [3.63, 3.8) is 0 Å². The first-order chi connectivity index (χ1) is 16.5. The molecule has 0 aliphatic carbocycles. The van der Waals surface area contributed by atoms with Crippen molar-refractivity contribution >= 4 is 67.7 Å². The number of nitrogens with one attached hydrogen (secondary N) is 2. The zero-order chi connectivity index (χ0) is 23.9. The summed E-state index contributed by atoms with van der Waals surface area (Å²) in [5.74, 6) is 0.412. The molecule has 0 aliphatic heterocycles. The largest absolute Gasteiger partial charge is 0.488 e. The fourth-order valence-electron chi connectivity index (χ4n) is 3.28. The molecule has 0 spiro atoms. The molecule has 5 nitrogen and oxygen atoms in total. The molecule has 0 saturated carbocycles. The van der Waals surface area contributed by atoms with E-state index in [1.807, 2.05) is 66.7 Å². The van der Waals surface area contributed by atoms with Crippen LogP contribution in [0.4, 0.5) is 5.69 Å². The first kappa shape index (κ1) is 24.1. The number of anilines is 1. The molecule has 0 bridgehead atoms. The van der Waals surface area contributed by atoms with Crippen molar-refractivity contribution in [1.29, 1.82) is 0 Å². The number of hydrogen-bond donors (Lipinski definition) is 2. The van der Waals surface area contributed by atoms with Gasteiger partial charge in [-0.1, -0.05) is 65.7 Å². The number of rotatable bonds is 8. The van der Waals surface area contributed by atoms with Crippen LogP contribution in [0, 0.1) is 0 Å². The molecule has 34 heavy (non-hydrogen) atoms. The highest BCUT2D eigenvalue weighted by Crippen LogP contribution is 2.28. The van der Waals surface area contributed by atoms with Gasteiger partial charge in [-0.3, -0.25) is 4.79 Å². The second-order valence-corrected chi connectivity index (χ2v) is 9.09. The van der Waals surface area contributed by atoms with Gasteiger partial charge in [-0.05, 0) is 63.3 Å². The van der Waals surface area contributed by atoms with E-state index in [4.69, 9.17) is 27.9 Å². The summed E-state index contributed by atoms with van der Waals surface area (Å²) in [6, 6.07) is 24.7. The van der Waals surface area contributed by atoms with Crippen LogP contribution >= 0.6 is 39.1 Å². The summed E-state index contributed by atoms with van der Waals surface area (Å²) in [7, 11) is 0. The number of halogens is 3. The predicted octanol–water partition coefficient (Wildman–Crippen LogP) is 7.05. The van der Waals surface area contributed by atoms with Crippen LogP contribution in [0.25, 0.3) is 10.8 Å². The van der Waals surface area contributed by atoms with Crippen LogP contribution in [0.2, 0.25) is 10.0 Å². The molecule has 0 aromatic heterocycles. The van der Waals surface area contributed by atoms with Gasteiger partial charge in [0.2, 0.25) is 0 Å². The number of carbonyl (C=O) groups is 1. The Kier molecular flexibility index (Phi) is 8.06. The molecule has 1 amide bonds. The minimum Gasteiger partial charge on any atom is -0.488 e. The summed E-state index contributed by atoms with van der Waals surface area (Å²) in [4.78, 5) is 12.2. The molecule has 8 heteroatoms. The molecule has 4 rings (SSSR count). The standard InChI is InChI=1S/C26H20BrCl2N3O2/c27-22-12-17(8-11-25(22)34-16-19-9-10-20(28)13-23(19)29)14-31-32-26(33)15-30-24-7-3-5-18-4-1-2-6-21(18)24/h1-14,30H,15-16H2,(H,32,33)/b31-14-. The minimum atomic E-state index is -0.247. The van der Waals surface area contributed by atoms with Gasteiger partial charge in [0.05, 0.1) is 17.2 Å². The summed E-state index contributed by atoms with van der Waals surface area (Å²) in [6.07, 6.45) is 1.57. The zero-order valence-electron chi connectivity index (χ0n) is 17.9. The maximum absolute atomic E-state index is 12.2. The Bertz CT molecular complexity index is 1360. The van der Waals surface area contributed by atoms with Crippen LogP contribution in [0.15, 0.2) is 88.4 Å². The smallest absolute Gasteiger partial charge is 0.259 e. The van der Waals surface area contributed by atoms with Crippen LogP contribution in [0.1, 0.15) is 11.1 Å². The SMILES string of the molecule is O=C(CNc1cccc2ccccc12)N/N=C\c1ccc(OCc2ccc(Cl)cc2Cl)c(Br)c1. The monoisotopic (exact) mass is 555 g/mol. The van der Waals surface area contributed by atoms with E-state index in [2.05, 4.69) is 31.8 Å². The minimum absolute atomic E-state index is 0.106. The molecular weight excluding hydrogens is 537 g/mol. The van der Waals surface area contributed by atoms with E-state index in [-0.39, 0.29) is 12.5 Å². The summed E-state index contributed by atoms with van der Waals surface area (Å²) in [5, 5.41) is 10.5. The molecule has 172 valence electrons. The van der Waals surface area contributed by atoms with E-state index in [1.165, 1.54) is 0 Å². The van der Waals surface area contributed by atoms with E-state index < -0.39 is 0 Å². The lowest BCUT2D eigenvalue weighted by Gasteiger charge is -2.10. The van der Waals surface area contributed by atoms with Gasteiger partial charge < -0.3 is 10.1 Å². The van der Waals surface area contributed by atoms with Gasteiger partial charge in [-0.15, -0.1) is 0 Å². The maximum Gasteiger partial charge on any atom is 0.259 e. The highest BCUT2D eigenvalue weighted by atomic mass is 79.9. The fourth-order valence-corrected chi connectivity index (χ4v) is 4.26. The van der Waals surface area contributed by atoms with E-state index in [1.54, 1.807) is 18.3 Å². The second kappa shape index (κ2) is 11.4. The van der Waals surface area contributed by atoms with Crippen LogP contribution < -0.4 is 15.5 Å². The molecule has 0 aliphatic rings. The maximum atomic E-state index is 12.2. The van der Waals surface area contributed by atoms with E-state index in [0.717, 1.165) is 32.1 Å². The van der Waals surface area contributed by atoms with Gasteiger partial charge in [0.1, 0.15) is 12.4 Å². The number of nitrogens with zero attached hydrogens (tertiary/aromatic N) is 1. The lowest BCUT2D eigenvalue weighted by atomic mass is 10.1. The Labute approximate surface area is 215 Å². The van der Waals surface area contributed by atoms with Gasteiger partial charge in [0, 0.05) is 26.7 Å². The third kappa shape index (κ3) is 6.29. The van der Waals surface area contributed by atoms with Crippen LogP contribution in [-0.2, 0) is 11.4 Å². The molecule has 0 unspecified atom stereocenters. The van der Waals surface area contributed by atoms with Crippen molar-refractivity contribution in [2.45, 2.75) is 6.61 Å². The number of hydrogen-bond acceptors (Lipinski definition) is 4. The molecule has 0 heterocycles. The third-order valence-electron chi connectivity index (χ3n) is 4.99. The Balaban J connectivity index is 1.29. The van der Waals surface area contributed by atoms with E-state index >= 15 is 0 Å². The Morgan fingerprint density at radius 1 is 1.00 bits per heavy atom. The molecule has 0 atom stereocenters. The van der Waals surface area contributed by atoms with E-state index in [9.17, 15) is 4.79 Å². The number of hydrazone groups is 1. The van der Waals surface area contributed by atoms with Crippen molar-refractivity contribution in [2.75, 3.05) is 11.9 Å². The number of ether oxygens (including phenoxy) is 1. The van der Waals surface area contributed by atoms with Crippen molar-refractivity contribution in [1.82, 2.24) is 5.43 Å². The molecule has 0 saturated heterocycles. The Morgan fingerprint density at radius 3 is 2.65 bits per heavy atom. The van der Waals surface area contributed by atoms with Crippen molar-refractivity contribution in [3.05, 3.63) is 105 Å². The number of fused-ring (bicyclic) bond motifs is 1. The van der Waals surface area contributed by atoms with E-state index in [0.29, 0.717) is 22.4 Å². The van der Waals surface area contributed by atoms with Crippen molar-refractivity contribution in [2.24, 2.45) is 5.10 Å². The number of benzene rings is 4. The first-order valence-electron chi connectivity index (χ1n) is 10.4. The zero-order valence-corrected chi connectivity index (χ0v) is 21.0. The average molecular weight is 557 g/mol. The van der Waals surface area contributed by atoms with Crippen LogP contribution in [0.5, 0.6) is 5.75 Å². The van der Waals surface area contributed by atoms with Crippen LogP contribution in [0.3, 0.4) is 0 Å². The molecule has 4 aromatic carbocycles. The van der Waals surface area contributed by atoms with Gasteiger partial charge in [-0.2, -0.15) is 5.10 Å². The summed E-state index contributed by atoms with van der Waals surface area (Å²) in [6.45, 7) is 0.414. The third-order valence-corrected chi connectivity index (χ3v) is 6.19. The van der Waals surface area contributed by atoms with Crippen LogP contribution in [-0.4, -0.2) is 18.7 Å². The fraction of sp³-hybridized carbons (Fsp3) is 0.0769. The lowest BCUT2D eigenvalue weighted by molar-refractivity contribution is -0.119. The summed E-state index contributed by atoms with van der Waals surface area (Å²) >= 11 is 15.6. The first-order valence-corrected chi connectivity index (χ1v) is 11.9. The van der Waals surface area contributed by atoms with Gasteiger partial charge >= 0.3 is 0 Å². The molecule has 0 fully saturated rings. The summed E-state index contributed by atoms with van der Waals surface area (Å²) < 4.78 is 6.60. The highest BCUT2D eigenvalue weighted by molar-refractivity contribution is 9.10. The molecule has 4 aromatic rings. The van der Waals surface area contributed by atoms with Gasteiger partial charge in [0.25, 0.3) is 5.91 Å². The lowest BCUT2D eigenvalue weighted by Crippen LogP contribution is -2.25. The normalized spacial score (nSPS) is 11.0. The average Bonchev–Trinajstić information content (AvgIpc) is 2.83. The molecule has 2 N–H and O–H groups in total. The number of amides is 1. The Morgan fingerprint density at radius 2 is 1.82 bits per heavy atom.